The molecule has 0 spiro atoms. The predicted octanol–water partition coefficient (Wildman–Crippen LogP) is 4.07. The molecule has 20 heavy (non-hydrogen) atoms. The Morgan fingerprint density at radius 2 is 1.80 bits per heavy atom. The summed E-state index contributed by atoms with van der Waals surface area (Å²) >= 11 is 5.92. The molecule has 0 radical (unpaired) electrons. The SMILES string of the molecule is CCNCCc1ccc(COc2cccc(Cl)c2)cc1. The Bertz CT molecular complexity index is 525. The van der Waals surface area contributed by atoms with Crippen molar-refractivity contribution >= 4 is 11.6 Å². The van der Waals surface area contributed by atoms with Crippen LogP contribution in [0.15, 0.2) is 48.5 Å². The molecule has 0 amide bonds. The molecule has 106 valence electrons. The van der Waals surface area contributed by atoms with Crippen molar-refractivity contribution in [2.24, 2.45) is 0 Å². The number of rotatable bonds is 7. The van der Waals surface area contributed by atoms with Crippen molar-refractivity contribution in [3.63, 3.8) is 0 Å². The molecule has 0 aliphatic rings. The van der Waals surface area contributed by atoms with Crippen molar-refractivity contribution in [3.05, 3.63) is 64.7 Å². The van der Waals surface area contributed by atoms with Gasteiger partial charge in [-0.1, -0.05) is 48.9 Å². The average molecular weight is 290 g/mol. The van der Waals surface area contributed by atoms with Crippen molar-refractivity contribution in [1.29, 1.82) is 0 Å². The van der Waals surface area contributed by atoms with Gasteiger partial charge in [-0.3, -0.25) is 0 Å². The second-order valence-electron chi connectivity index (χ2n) is 4.67. The first-order valence-electron chi connectivity index (χ1n) is 6.95. The topological polar surface area (TPSA) is 21.3 Å². The third kappa shape index (κ3) is 4.87. The van der Waals surface area contributed by atoms with Gasteiger partial charge < -0.3 is 10.1 Å². The average Bonchev–Trinajstić information content (AvgIpc) is 2.47. The standard InChI is InChI=1S/C17H20ClNO/c1-2-19-11-10-14-6-8-15(9-7-14)13-20-17-5-3-4-16(18)12-17/h3-9,12,19H,2,10-11,13H2,1H3. The monoisotopic (exact) mass is 289 g/mol. The zero-order chi connectivity index (χ0) is 14.2. The van der Waals surface area contributed by atoms with Crippen LogP contribution in [0.1, 0.15) is 18.1 Å². The minimum atomic E-state index is 0.563. The highest BCUT2D eigenvalue weighted by Crippen LogP contribution is 2.18. The van der Waals surface area contributed by atoms with Crippen LogP contribution in [0.2, 0.25) is 5.02 Å². The molecule has 0 heterocycles. The molecule has 3 heteroatoms. The first kappa shape index (κ1) is 14.9. The summed E-state index contributed by atoms with van der Waals surface area (Å²) in [5, 5.41) is 4.02. The molecule has 0 bridgehead atoms. The van der Waals surface area contributed by atoms with Gasteiger partial charge in [0.25, 0.3) is 0 Å². The highest BCUT2D eigenvalue weighted by atomic mass is 35.5. The van der Waals surface area contributed by atoms with Crippen LogP contribution in [-0.4, -0.2) is 13.1 Å². The van der Waals surface area contributed by atoms with E-state index < -0.39 is 0 Å². The van der Waals surface area contributed by atoms with Crippen LogP contribution >= 0.6 is 11.6 Å². The van der Waals surface area contributed by atoms with Gasteiger partial charge in [0.2, 0.25) is 0 Å². The molecule has 0 fully saturated rings. The van der Waals surface area contributed by atoms with Crippen LogP contribution < -0.4 is 10.1 Å². The van der Waals surface area contributed by atoms with E-state index in [1.54, 1.807) is 0 Å². The maximum atomic E-state index is 5.92. The Hall–Kier alpha value is -1.51. The summed E-state index contributed by atoms with van der Waals surface area (Å²) in [6, 6.07) is 16.0. The van der Waals surface area contributed by atoms with Gasteiger partial charge in [0.15, 0.2) is 0 Å². The zero-order valence-electron chi connectivity index (χ0n) is 11.7. The number of hydrogen-bond donors (Lipinski definition) is 1. The van der Waals surface area contributed by atoms with E-state index in [0.717, 1.165) is 30.8 Å². The molecule has 2 nitrogen and oxygen atoms in total. The number of hydrogen-bond acceptors (Lipinski definition) is 2. The maximum Gasteiger partial charge on any atom is 0.121 e. The highest BCUT2D eigenvalue weighted by Gasteiger charge is 1.98. The van der Waals surface area contributed by atoms with Crippen LogP contribution in [0.3, 0.4) is 0 Å². The first-order chi connectivity index (χ1) is 9.78. The smallest absolute Gasteiger partial charge is 0.121 e. The van der Waals surface area contributed by atoms with Gasteiger partial charge in [-0.25, -0.2) is 0 Å². The summed E-state index contributed by atoms with van der Waals surface area (Å²) in [5.41, 5.74) is 2.51. The molecule has 0 aliphatic carbocycles. The van der Waals surface area contributed by atoms with Gasteiger partial charge in [0, 0.05) is 5.02 Å². The minimum Gasteiger partial charge on any atom is -0.489 e. The van der Waals surface area contributed by atoms with Crippen molar-refractivity contribution < 1.29 is 4.74 Å². The Kier molecular flexibility index (Phi) is 5.90. The largest absolute Gasteiger partial charge is 0.489 e. The summed E-state index contributed by atoms with van der Waals surface area (Å²) in [7, 11) is 0. The van der Waals surface area contributed by atoms with Gasteiger partial charge >= 0.3 is 0 Å². The quantitative estimate of drug-likeness (QED) is 0.776. The summed E-state index contributed by atoms with van der Waals surface area (Å²) < 4.78 is 5.71. The van der Waals surface area contributed by atoms with Gasteiger partial charge in [-0.15, -0.1) is 0 Å². The fraction of sp³-hybridized carbons (Fsp3) is 0.294. The minimum absolute atomic E-state index is 0.563. The van der Waals surface area contributed by atoms with Crippen molar-refractivity contribution in [2.75, 3.05) is 13.1 Å². The van der Waals surface area contributed by atoms with E-state index in [4.69, 9.17) is 16.3 Å². The molecular formula is C17H20ClNO. The van der Waals surface area contributed by atoms with Crippen LogP contribution in [-0.2, 0) is 13.0 Å². The number of nitrogens with one attached hydrogen (secondary N) is 1. The summed E-state index contributed by atoms with van der Waals surface area (Å²) in [6.45, 7) is 4.73. The Labute approximate surface area is 125 Å². The Morgan fingerprint density at radius 1 is 1.05 bits per heavy atom. The number of halogens is 1. The summed E-state index contributed by atoms with van der Waals surface area (Å²) in [6.07, 6.45) is 1.06. The van der Waals surface area contributed by atoms with E-state index in [-0.39, 0.29) is 0 Å². The number of ether oxygens (including phenoxy) is 1. The lowest BCUT2D eigenvalue weighted by Crippen LogP contribution is -2.15. The normalized spacial score (nSPS) is 10.5. The van der Waals surface area contributed by atoms with Crippen molar-refractivity contribution in [3.8, 4) is 5.75 Å². The molecule has 0 saturated heterocycles. The lowest BCUT2D eigenvalue weighted by Gasteiger charge is -2.08. The van der Waals surface area contributed by atoms with Gasteiger partial charge in [-0.2, -0.15) is 0 Å². The Balaban J connectivity index is 1.84. The molecule has 2 aromatic carbocycles. The van der Waals surface area contributed by atoms with E-state index in [1.807, 2.05) is 24.3 Å². The fourth-order valence-corrected chi connectivity index (χ4v) is 2.12. The molecule has 1 N–H and O–H groups in total. The van der Waals surface area contributed by atoms with Gasteiger partial charge in [-0.05, 0) is 48.8 Å². The molecule has 0 aliphatic heterocycles. The molecule has 0 unspecified atom stereocenters. The van der Waals surface area contributed by atoms with Crippen LogP contribution in [0, 0.1) is 0 Å². The molecule has 2 aromatic rings. The van der Waals surface area contributed by atoms with E-state index >= 15 is 0 Å². The predicted molar refractivity (Wildman–Crippen MR) is 84.5 cm³/mol. The van der Waals surface area contributed by atoms with Crippen molar-refractivity contribution in [2.45, 2.75) is 20.0 Å². The van der Waals surface area contributed by atoms with Gasteiger partial charge in [0.1, 0.15) is 12.4 Å². The summed E-state index contributed by atoms with van der Waals surface area (Å²) in [5.74, 6) is 0.800. The lowest BCUT2D eigenvalue weighted by molar-refractivity contribution is 0.306. The van der Waals surface area contributed by atoms with E-state index in [1.165, 1.54) is 5.56 Å². The van der Waals surface area contributed by atoms with Crippen LogP contribution in [0.25, 0.3) is 0 Å². The molecule has 2 rings (SSSR count). The molecule has 0 aromatic heterocycles. The maximum absolute atomic E-state index is 5.92. The molecule has 0 saturated carbocycles. The first-order valence-corrected chi connectivity index (χ1v) is 7.32. The van der Waals surface area contributed by atoms with E-state index in [0.29, 0.717) is 11.6 Å². The van der Waals surface area contributed by atoms with Gasteiger partial charge in [0.05, 0.1) is 0 Å². The highest BCUT2D eigenvalue weighted by molar-refractivity contribution is 6.30. The fourth-order valence-electron chi connectivity index (χ4n) is 1.94. The third-order valence-electron chi connectivity index (χ3n) is 3.07. The molecule has 0 atom stereocenters. The molecular weight excluding hydrogens is 270 g/mol. The summed E-state index contributed by atoms with van der Waals surface area (Å²) in [4.78, 5) is 0. The zero-order valence-corrected chi connectivity index (χ0v) is 12.5. The second-order valence-corrected chi connectivity index (χ2v) is 5.10. The second kappa shape index (κ2) is 7.93. The lowest BCUT2D eigenvalue weighted by atomic mass is 10.1. The van der Waals surface area contributed by atoms with Crippen LogP contribution in [0.4, 0.5) is 0 Å². The van der Waals surface area contributed by atoms with Crippen molar-refractivity contribution in [1.82, 2.24) is 5.32 Å². The number of likely N-dealkylation sites (N-methyl/N-ethyl adjacent to an activating group) is 1. The number of benzene rings is 2. The van der Waals surface area contributed by atoms with Crippen LogP contribution in [0.5, 0.6) is 5.75 Å². The Morgan fingerprint density at radius 3 is 2.50 bits per heavy atom. The van der Waals surface area contributed by atoms with E-state index in [2.05, 4.69) is 36.5 Å². The third-order valence-corrected chi connectivity index (χ3v) is 3.30. The van der Waals surface area contributed by atoms with E-state index in [9.17, 15) is 0 Å².